The number of hydrogen-bond acceptors (Lipinski definition) is 8. The Balaban J connectivity index is 1.33. The van der Waals surface area contributed by atoms with Gasteiger partial charge in [0.25, 0.3) is 0 Å². The number of carbonyl (C=O) groups is 1. The maximum Gasteiger partial charge on any atom is 0.334 e. The first kappa shape index (κ1) is 18.7. The topological polar surface area (TPSA) is 103 Å². The normalized spacial score (nSPS) is 66.3. The van der Waals surface area contributed by atoms with Crippen LogP contribution in [0.4, 0.5) is 0 Å². The lowest BCUT2D eigenvalue weighted by molar-refractivity contribution is -0.143. The fourth-order valence-corrected chi connectivity index (χ4v) is 10.2. The number of hydrogen-bond donors (Lipinski definition) is 1. The average Bonchev–Trinajstić information content (AvgIpc) is 3.60. The summed E-state index contributed by atoms with van der Waals surface area (Å²) >= 11 is 0. The van der Waals surface area contributed by atoms with Crippen LogP contribution in [0.25, 0.3) is 0 Å². The van der Waals surface area contributed by atoms with Crippen molar-refractivity contribution in [1.82, 2.24) is 0 Å². The Bertz CT molecular complexity index is 1010. The van der Waals surface area contributed by atoms with Crippen LogP contribution in [0.15, 0.2) is 11.1 Å². The van der Waals surface area contributed by atoms with E-state index in [2.05, 4.69) is 20.8 Å². The van der Waals surface area contributed by atoms with Crippen molar-refractivity contribution in [3.8, 4) is 0 Å². The molecule has 4 saturated heterocycles. The Hall–Kier alpha value is -0.680. The summed E-state index contributed by atoms with van der Waals surface area (Å²) in [6.07, 6.45) is 3.70. The molecule has 0 aromatic rings. The lowest BCUT2D eigenvalue weighted by Crippen LogP contribution is -2.76. The monoisotopic (exact) mass is 452 g/mol. The summed E-state index contributed by atoms with van der Waals surface area (Å²) in [5, 5.41) is 0. The van der Waals surface area contributed by atoms with Crippen LogP contribution in [-0.4, -0.2) is 70.7 Å². The molecule has 0 bridgehead atoms. The summed E-state index contributed by atoms with van der Waals surface area (Å²) in [6.45, 7) is 7.21. The van der Waals surface area contributed by atoms with E-state index in [0.29, 0.717) is 13.0 Å². The Morgan fingerprint density at radius 3 is 2.68 bits per heavy atom. The van der Waals surface area contributed by atoms with Crippen LogP contribution in [0.2, 0.25) is 0 Å². The molecular formula is C22H28O8S. The fraction of sp³-hybridized carbons (Fsp3) is 0.864. The molecule has 0 aromatic carbocycles. The fourth-order valence-electron chi connectivity index (χ4n) is 8.90. The number of esters is 1. The zero-order valence-electron chi connectivity index (χ0n) is 18.1. The van der Waals surface area contributed by atoms with Gasteiger partial charge in [0.2, 0.25) is 0 Å². The highest BCUT2D eigenvalue weighted by atomic mass is 32.3. The van der Waals surface area contributed by atoms with Crippen molar-refractivity contribution in [3.63, 3.8) is 0 Å². The minimum absolute atomic E-state index is 0.0670. The molecule has 0 radical (unpaired) electrons. The van der Waals surface area contributed by atoms with Crippen molar-refractivity contribution in [1.29, 1.82) is 0 Å². The third-order valence-corrected chi connectivity index (χ3v) is 11.3. The van der Waals surface area contributed by atoms with Gasteiger partial charge in [-0.3, -0.25) is 8.37 Å². The largest absolute Gasteiger partial charge is 0.458 e. The lowest BCUT2D eigenvalue weighted by Gasteiger charge is -2.56. The minimum Gasteiger partial charge on any atom is -0.458 e. The summed E-state index contributed by atoms with van der Waals surface area (Å²) in [5.74, 6) is 0.168. The van der Waals surface area contributed by atoms with E-state index in [1.165, 1.54) is 0 Å². The first-order chi connectivity index (χ1) is 14.6. The lowest BCUT2D eigenvalue weighted by atomic mass is 9.44. The van der Waals surface area contributed by atoms with Gasteiger partial charge in [0.05, 0.1) is 17.0 Å². The van der Waals surface area contributed by atoms with Crippen molar-refractivity contribution in [2.75, 3.05) is 19.5 Å². The van der Waals surface area contributed by atoms with E-state index in [1.807, 2.05) is 0 Å². The third-order valence-electron chi connectivity index (χ3n) is 10.1. The van der Waals surface area contributed by atoms with Crippen LogP contribution in [0.1, 0.15) is 40.0 Å². The quantitative estimate of drug-likeness (QED) is 0.478. The first-order valence-corrected chi connectivity index (χ1v) is 13.2. The van der Waals surface area contributed by atoms with Gasteiger partial charge in [-0.25, -0.2) is 4.79 Å². The molecule has 8 nitrogen and oxygen atoms in total. The van der Waals surface area contributed by atoms with Gasteiger partial charge in [0.15, 0.2) is 11.2 Å². The standard InChI is InChI=1S/C22H28O8S/c1-10(2)20-15(28-20)16-22(29-16)18(3)6-5-11-12(8-25-17(11)23)13(18)7-14-21(22,27-14)19(20)9-26-31(4,24)30-19/h10,13-16,24H,5-9H2,1-4H3/t13-,14?,15-,16-,18-,19-,20-,21?,22+/m0/s1. The molecule has 3 unspecified atom stereocenters. The van der Waals surface area contributed by atoms with Crippen molar-refractivity contribution in [3.05, 3.63) is 11.1 Å². The van der Waals surface area contributed by atoms with Crippen molar-refractivity contribution >= 4 is 16.8 Å². The predicted molar refractivity (Wildman–Crippen MR) is 107 cm³/mol. The number of cyclic esters (lactones) is 1. The van der Waals surface area contributed by atoms with Crippen LogP contribution in [0.3, 0.4) is 0 Å². The van der Waals surface area contributed by atoms with Gasteiger partial charge in [0.1, 0.15) is 36.6 Å². The number of ether oxygens (including phenoxy) is 4. The Morgan fingerprint density at radius 2 is 1.97 bits per heavy atom. The SMILES string of the molecule is CC(C)[C@]12O[C@H]1[C@@H]1O[C@]13C1(OC1C[C@H]1C4=C(CC[C@@]13C)C(=O)OC4)[C@]21COS(C)(O)O1. The molecule has 6 fully saturated rings. The average molecular weight is 453 g/mol. The summed E-state index contributed by atoms with van der Waals surface area (Å²) in [6, 6.07) is 0. The van der Waals surface area contributed by atoms with E-state index in [0.717, 1.165) is 24.0 Å². The molecule has 0 amide bonds. The second kappa shape index (κ2) is 4.76. The van der Waals surface area contributed by atoms with Crippen LogP contribution < -0.4 is 0 Å². The smallest absolute Gasteiger partial charge is 0.334 e. The minimum atomic E-state index is -2.66. The molecular weight excluding hydrogens is 424 g/mol. The van der Waals surface area contributed by atoms with E-state index < -0.39 is 33.3 Å². The van der Waals surface area contributed by atoms with Gasteiger partial charge in [0, 0.05) is 17.2 Å². The van der Waals surface area contributed by atoms with E-state index in [9.17, 15) is 9.35 Å². The van der Waals surface area contributed by atoms with Crippen molar-refractivity contribution in [2.45, 2.75) is 80.7 Å². The van der Waals surface area contributed by atoms with E-state index >= 15 is 0 Å². The highest BCUT2D eigenvalue weighted by Crippen LogP contribution is 2.87. The van der Waals surface area contributed by atoms with Gasteiger partial charge < -0.3 is 23.5 Å². The zero-order valence-corrected chi connectivity index (χ0v) is 19.0. The molecule has 1 N–H and O–H groups in total. The van der Waals surface area contributed by atoms with E-state index in [1.54, 1.807) is 6.26 Å². The molecule has 31 heavy (non-hydrogen) atoms. The second-order valence-electron chi connectivity index (χ2n) is 11.3. The Kier molecular flexibility index (Phi) is 2.87. The number of rotatable bonds is 1. The third kappa shape index (κ3) is 1.56. The summed E-state index contributed by atoms with van der Waals surface area (Å²) < 4.78 is 48.6. The molecule has 0 aromatic heterocycles. The summed E-state index contributed by atoms with van der Waals surface area (Å²) in [4.78, 5) is 12.3. The van der Waals surface area contributed by atoms with Gasteiger partial charge in [-0.15, -0.1) is 0 Å². The number of carbonyl (C=O) groups excluding carboxylic acids is 1. The van der Waals surface area contributed by atoms with Gasteiger partial charge >= 0.3 is 5.97 Å². The summed E-state index contributed by atoms with van der Waals surface area (Å²) in [7, 11) is -2.66. The molecule has 8 aliphatic rings. The zero-order chi connectivity index (χ0) is 21.4. The first-order valence-electron chi connectivity index (χ1n) is 11.4. The van der Waals surface area contributed by atoms with Crippen molar-refractivity contribution < 1.29 is 36.7 Å². The molecule has 10 atom stereocenters. The Labute approximate surface area is 182 Å². The van der Waals surface area contributed by atoms with Crippen LogP contribution in [-0.2, 0) is 32.1 Å². The molecule has 170 valence electrons. The van der Waals surface area contributed by atoms with E-state index in [4.69, 9.17) is 27.3 Å². The van der Waals surface area contributed by atoms with Crippen LogP contribution in [0, 0.1) is 17.3 Å². The Morgan fingerprint density at radius 1 is 1.16 bits per heavy atom. The highest BCUT2D eigenvalue weighted by Gasteiger charge is 3.05. The van der Waals surface area contributed by atoms with Crippen LogP contribution >= 0.6 is 10.9 Å². The van der Waals surface area contributed by atoms with Crippen LogP contribution in [0.5, 0.6) is 0 Å². The van der Waals surface area contributed by atoms with Crippen molar-refractivity contribution in [2.24, 2.45) is 17.3 Å². The van der Waals surface area contributed by atoms with Gasteiger partial charge in [-0.2, -0.15) is 0 Å². The predicted octanol–water partition coefficient (Wildman–Crippen LogP) is 2.27. The summed E-state index contributed by atoms with van der Waals surface area (Å²) in [5.41, 5.74) is -0.995. The van der Waals surface area contributed by atoms with E-state index in [-0.39, 0.29) is 48.1 Å². The van der Waals surface area contributed by atoms with Gasteiger partial charge in [-0.05, 0) is 36.7 Å². The highest BCUT2D eigenvalue weighted by molar-refractivity contribution is 8.20. The molecule has 2 saturated carbocycles. The molecule has 5 aliphatic heterocycles. The van der Waals surface area contributed by atoms with Gasteiger partial charge in [-0.1, -0.05) is 20.8 Å². The number of epoxide rings is 3. The molecule has 5 heterocycles. The molecule has 9 heteroatoms. The number of fused-ring (bicyclic) bond motifs is 5. The second-order valence-corrected chi connectivity index (χ2v) is 13.2. The maximum absolute atomic E-state index is 12.3. The molecule has 8 rings (SSSR count). The maximum atomic E-state index is 12.3. The molecule has 3 aliphatic carbocycles. The molecule has 3 spiro atoms.